The van der Waals surface area contributed by atoms with Crippen LogP contribution in [0.1, 0.15) is 26.2 Å². The molecule has 1 atom stereocenters. The maximum Gasteiger partial charge on any atom is 0.224 e. The number of piperidine rings is 1. The Morgan fingerprint density at radius 1 is 1.37 bits per heavy atom. The van der Waals surface area contributed by atoms with Gasteiger partial charge in [-0.15, -0.1) is 0 Å². The smallest absolute Gasteiger partial charge is 0.224 e. The minimum absolute atomic E-state index is 0.0911. The lowest BCUT2D eigenvalue weighted by Crippen LogP contribution is -2.32. The second kappa shape index (κ2) is 6.92. The summed E-state index contributed by atoms with van der Waals surface area (Å²) in [6.07, 6.45) is 2.94. The molecule has 1 amide bonds. The van der Waals surface area contributed by atoms with Gasteiger partial charge in [-0.1, -0.05) is 18.5 Å². The number of carbonyl (C=O) groups is 1. The van der Waals surface area contributed by atoms with E-state index in [2.05, 4.69) is 17.6 Å². The van der Waals surface area contributed by atoms with Gasteiger partial charge in [-0.25, -0.2) is 0 Å². The van der Waals surface area contributed by atoms with E-state index in [0.29, 0.717) is 23.3 Å². The molecular formula is C15H21ClN2O. The topological polar surface area (TPSA) is 41.1 Å². The van der Waals surface area contributed by atoms with Crippen molar-refractivity contribution in [2.75, 3.05) is 18.4 Å². The van der Waals surface area contributed by atoms with Crippen molar-refractivity contribution in [3.63, 3.8) is 0 Å². The average Bonchev–Trinajstić information content (AvgIpc) is 2.42. The highest BCUT2D eigenvalue weighted by Gasteiger charge is 2.21. The van der Waals surface area contributed by atoms with Gasteiger partial charge in [0.1, 0.15) is 0 Å². The predicted molar refractivity (Wildman–Crippen MR) is 79.5 cm³/mol. The average molecular weight is 281 g/mol. The summed E-state index contributed by atoms with van der Waals surface area (Å²) in [5.41, 5.74) is 0.812. The molecule has 2 N–H and O–H groups in total. The van der Waals surface area contributed by atoms with E-state index in [1.807, 2.05) is 12.1 Å². The Bertz CT molecular complexity index is 413. The summed E-state index contributed by atoms with van der Waals surface area (Å²) in [5, 5.41) is 6.96. The van der Waals surface area contributed by atoms with Crippen LogP contribution in [-0.2, 0) is 4.79 Å². The molecule has 19 heavy (non-hydrogen) atoms. The van der Waals surface area contributed by atoms with E-state index in [0.717, 1.165) is 18.8 Å². The molecule has 4 heteroatoms. The van der Waals surface area contributed by atoms with Crippen LogP contribution in [0.4, 0.5) is 5.69 Å². The molecule has 1 unspecified atom stereocenters. The summed E-state index contributed by atoms with van der Waals surface area (Å²) in [6.45, 7) is 4.33. The zero-order valence-electron chi connectivity index (χ0n) is 11.3. The van der Waals surface area contributed by atoms with Gasteiger partial charge in [0.25, 0.3) is 0 Å². The second-order valence-corrected chi connectivity index (χ2v) is 5.76. The molecule has 2 rings (SSSR count). The van der Waals surface area contributed by atoms with Crippen molar-refractivity contribution in [1.82, 2.24) is 5.32 Å². The first kappa shape index (κ1) is 14.4. The Morgan fingerprint density at radius 2 is 2.00 bits per heavy atom. The Balaban J connectivity index is 1.81. The highest BCUT2D eigenvalue weighted by Crippen LogP contribution is 2.24. The Kier molecular flexibility index (Phi) is 5.23. The monoisotopic (exact) mass is 280 g/mol. The maximum absolute atomic E-state index is 12.0. The summed E-state index contributed by atoms with van der Waals surface area (Å²) in [6, 6.07) is 7.23. The van der Waals surface area contributed by atoms with Gasteiger partial charge in [0.05, 0.1) is 0 Å². The third kappa shape index (κ3) is 4.51. The van der Waals surface area contributed by atoms with Gasteiger partial charge in [0.2, 0.25) is 5.91 Å². The molecule has 1 saturated heterocycles. The third-order valence-corrected chi connectivity index (χ3v) is 4.08. The van der Waals surface area contributed by atoms with E-state index >= 15 is 0 Å². The minimum Gasteiger partial charge on any atom is -0.326 e. The number of nitrogens with one attached hydrogen (secondary N) is 2. The van der Waals surface area contributed by atoms with Crippen LogP contribution in [0.3, 0.4) is 0 Å². The van der Waals surface area contributed by atoms with E-state index in [1.54, 1.807) is 12.1 Å². The number of halogens is 1. The number of benzene rings is 1. The first-order valence-corrected chi connectivity index (χ1v) is 7.29. The molecule has 1 aromatic carbocycles. The molecule has 0 spiro atoms. The Hall–Kier alpha value is -1.06. The standard InChI is InChI=1S/C15H21ClN2O/c1-11(12-6-8-17-9-7-12)10-15(19)18-14-4-2-13(16)3-5-14/h2-5,11-12,17H,6-10H2,1H3,(H,18,19). The molecule has 0 radical (unpaired) electrons. The van der Waals surface area contributed by atoms with Gasteiger partial charge in [-0.3, -0.25) is 4.79 Å². The van der Waals surface area contributed by atoms with Gasteiger partial charge in [-0.05, 0) is 62.0 Å². The molecule has 1 aliphatic heterocycles. The van der Waals surface area contributed by atoms with Crippen LogP contribution in [0.25, 0.3) is 0 Å². The molecule has 0 bridgehead atoms. The number of rotatable bonds is 4. The van der Waals surface area contributed by atoms with Crippen molar-refractivity contribution in [2.24, 2.45) is 11.8 Å². The molecule has 1 heterocycles. The fourth-order valence-electron chi connectivity index (χ4n) is 2.62. The van der Waals surface area contributed by atoms with Crippen molar-refractivity contribution >= 4 is 23.2 Å². The van der Waals surface area contributed by atoms with E-state index < -0.39 is 0 Å². The SMILES string of the molecule is CC(CC(=O)Nc1ccc(Cl)cc1)C1CCNCC1. The van der Waals surface area contributed by atoms with Crippen molar-refractivity contribution in [2.45, 2.75) is 26.2 Å². The Labute approximate surface area is 119 Å². The molecule has 0 aromatic heterocycles. The summed E-state index contributed by atoms with van der Waals surface area (Å²) < 4.78 is 0. The van der Waals surface area contributed by atoms with Gasteiger partial charge in [0.15, 0.2) is 0 Å². The molecular weight excluding hydrogens is 260 g/mol. The summed E-state index contributed by atoms with van der Waals surface area (Å²) >= 11 is 5.82. The highest BCUT2D eigenvalue weighted by atomic mass is 35.5. The fraction of sp³-hybridized carbons (Fsp3) is 0.533. The number of hydrogen-bond donors (Lipinski definition) is 2. The first-order valence-electron chi connectivity index (χ1n) is 6.91. The molecule has 1 fully saturated rings. The summed E-state index contributed by atoms with van der Waals surface area (Å²) in [4.78, 5) is 12.0. The van der Waals surface area contributed by atoms with E-state index in [4.69, 9.17) is 11.6 Å². The van der Waals surface area contributed by atoms with Gasteiger partial charge in [-0.2, -0.15) is 0 Å². The fourth-order valence-corrected chi connectivity index (χ4v) is 2.74. The lowest BCUT2D eigenvalue weighted by molar-refractivity contribution is -0.117. The number of hydrogen-bond acceptors (Lipinski definition) is 2. The summed E-state index contributed by atoms with van der Waals surface area (Å²) in [7, 11) is 0. The zero-order valence-corrected chi connectivity index (χ0v) is 12.0. The largest absolute Gasteiger partial charge is 0.326 e. The third-order valence-electron chi connectivity index (χ3n) is 3.82. The van der Waals surface area contributed by atoms with Crippen molar-refractivity contribution in [3.8, 4) is 0 Å². The van der Waals surface area contributed by atoms with E-state index in [-0.39, 0.29) is 5.91 Å². The lowest BCUT2D eigenvalue weighted by Gasteiger charge is -2.27. The quantitative estimate of drug-likeness (QED) is 0.888. The van der Waals surface area contributed by atoms with Gasteiger partial charge < -0.3 is 10.6 Å². The number of amides is 1. The molecule has 0 aliphatic carbocycles. The molecule has 104 valence electrons. The number of anilines is 1. The Morgan fingerprint density at radius 3 is 2.63 bits per heavy atom. The van der Waals surface area contributed by atoms with Gasteiger partial charge >= 0.3 is 0 Å². The first-order chi connectivity index (χ1) is 9.15. The second-order valence-electron chi connectivity index (χ2n) is 5.32. The highest BCUT2D eigenvalue weighted by molar-refractivity contribution is 6.30. The predicted octanol–water partition coefficient (Wildman–Crippen LogP) is 3.30. The van der Waals surface area contributed by atoms with Crippen LogP contribution in [0.2, 0.25) is 5.02 Å². The molecule has 1 aromatic rings. The van der Waals surface area contributed by atoms with E-state index in [1.165, 1.54) is 12.8 Å². The molecule has 1 aliphatic rings. The normalized spacial score (nSPS) is 18.0. The van der Waals surface area contributed by atoms with Crippen molar-refractivity contribution in [1.29, 1.82) is 0 Å². The van der Waals surface area contributed by atoms with Crippen molar-refractivity contribution < 1.29 is 4.79 Å². The van der Waals surface area contributed by atoms with E-state index in [9.17, 15) is 4.79 Å². The van der Waals surface area contributed by atoms with Crippen LogP contribution >= 0.6 is 11.6 Å². The van der Waals surface area contributed by atoms with Crippen molar-refractivity contribution in [3.05, 3.63) is 29.3 Å². The van der Waals surface area contributed by atoms with Crippen LogP contribution < -0.4 is 10.6 Å². The lowest BCUT2D eigenvalue weighted by atomic mass is 9.84. The minimum atomic E-state index is 0.0911. The van der Waals surface area contributed by atoms with Crippen LogP contribution in [0.5, 0.6) is 0 Å². The maximum atomic E-state index is 12.0. The molecule has 3 nitrogen and oxygen atoms in total. The van der Waals surface area contributed by atoms with Gasteiger partial charge in [0, 0.05) is 17.1 Å². The zero-order chi connectivity index (χ0) is 13.7. The molecule has 0 saturated carbocycles. The van der Waals surface area contributed by atoms with Crippen LogP contribution in [0.15, 0.2) is 24.3 Å². The van der Waals surface area contributed by atoms with Crippen LogP contribution in [0, 0.1) is 11.8 Å². The summed E-state index contributed by atoms with van der Waals surface area (Å²) in [5.74, 6) is 1.19. The van der Waals surface area contributed by atoms with Crippen LogP contribution in [-0.4, -0.2) is 19.0 Å². The number of carbonyl (C=O) groups excluding carboxylic acids is 1.